The summed E-state index contributed by atoms with van der Waals surface area (Å²) in [4.78, 5) is 12.3. The van der Waals surface area contributed by atoms with Crippen LogP contribution in [0.1, 0.15) is 24.8 Å². The monoisotopic (exact) mass is 351 g/mol. The standard InChI is InChI=1S/C17H18ClNO3S/c1-12(13-6-4-3-5-7-13)10-17(20)19-16-11-14(23(2,21)22)8-9-15(16)18/h3-9,11-12H,10H2,1-2H3,(H,19,20)/t12-/m0/s1. The maximum Gasteiger partial charge on any atom is 0.225 e. The highest BCUT2D eigenvalue weighted by Crippen LogP contribution is 2.26. The molecule has 1 amide bonds. The summed E-state index contributed by atoms with van der Waals surface area (Å²) in [6, 6.07) is 14.0. The summed E-state index contributed by atoms with van der Waals surface area (Å²) in [5, 5.41) is 2.99. The molecule has 2 aromatic carbocycles. The molecule has 23 heavy (non-hydrogen) atoms. The zero-order valence-electron chi connectivity index (χ0n) is 12.9. The van der Waals surface area contributed by atoms with Gasteiger partial charge in [-0.25, -0.2) is 8.42 Å². The lowest BCUT2D eigenvalue weighted by Gasteiger charge is -2.13. The van der Waals surface area contributed by atoms with Gasteiger partial charge in [0.2, 0.25) is 5.91 Å². The van der Waals surface area contributed by atoms with Gasteiger partial charge in [-0.15, -0.1) is 0 Å². The molecule has 2 rings (SSSR count). The van der Waals surface area contributed by atoms with E-state index < -0.39 is 9.84 Å². The Kier molecular flexibility index (Phi) is 5.44. The van der Waals surface area contributed by atoms with Crippen LogP contribution in [0.15, 0.2) is 53.4 Å². The molecular formula is C17H18ClNO3S. The number of rotatable bonds is 5. The van der Waals surface area contributed by atoms with Crippen molar-refractivity contribution in [3.05, 3.63) is 59.1 Å². The predicted octanol–water partition coefficient (Wildman–Crippen LogP) is 3.88. The van der Waals surface area contributed by atoms with Gasteiger partial charge in [0, 0.05) is 12.7 Å². The van der Waals surface area contributed by atoms with Crippen molar-refractivity contribution in [2.24, 2.45) is 0 Å². The van der Waals surface area contributed by atoms with Crippen molar-refractivity contribution in [1.29, 1.82) is 0 Å². The lowest BCUT2D eigenvalue weighted by Crippen LogP contribution is -2.15. The van der Waals surface area contributed by atoms with Crippen LogP contribution in [-0.4, -0.2) is 20.6 Å². The zero-order chi connectivity index (χ0) is 17.0. The Bertz CT molecular complexity index is 804. The van der Waals surface area contributed by atoms with Gasteiger partial charge in [-0.1, -0.05) is 48.9 Å². The van der Waals surface area contributed by atoms with Gasteiger partial charge < -0.3 is 5.32 Å². The fraction of sp³-hybridized carbons (Fsp3) is 0.235. The van der Waals surface area contributed by atoms with E-state index in [0.717, 1.165) is 11.8 Å². The molecule has 0 saturated heterocycles. The second kappa shape index (κ2) is 7.15. The van der Waals surface area contributed by atoms with E-state index in [2.05, 4.69) is 5.32 Å². The Morgan fingerprint density at radius 3 is 2.43 bits per heavy atom. The minimum atomic E-state index is -3.35. The molecule has 0 aromatic heterocycles. The molecule has 0 aliphatic rings. The largest absolute Gasteiger partial charge is 0.325 e. The van der Waals surface area contributed by atoms with Gasteiger partial charge in [0.25, 0.3) is 0 Å². The van der Waals surface area contributed by atoms with Gasteiger partial charge in [0.15, 0.2) is 9.84 Å². The van der Waals surface area contributed by atoms with Crippen molar-refractivity contribution >= 4 is 33.0 Å². The van der Waals surface area contributed by atoms with Crippen LogP contribution in [0.25, 0.3) is 0 Å². The van der Waals surface area contributed by atoms with E-state index in [1.807, 2.05) is 37.3 Å². The Morgan fingerprint density at radius 2 is 1.83 bits per heavy atom. The zero-order valence-corrected chi connectivity index (χ0v) is 14.5. The van der Waals surface area contributed by atoms with Crippen LogP contribution in [-0.2, 0) is 14.6 Å². The van der Waals surface area contributed by atoms with Gasteiger partial charge in [0.1, 0.15) is 0 Å². The molecule has 4 nitrogen and oxygen atoms in total. The normalized spacial score (nSPS) is 12.7. The Labute approximate surface area is 141 Å². The second-order valence-electron chi connectivity index (χ2n) is 5.48. The smallest absolute Gasteiger partial charge is 0.225 e. The minimum absolute atomic E-state index is 0.0491. The van der Waals surface area contributed by atoms with Gasteiger partial charge in [0.05, 0.1) is 15.6 Å². The van der Waals surface area contributed by atoms with Crippen molar-refractivity contribution in [3.8, 4) is 0 Å². The van der Waals surface area contributed by atoms with Gasteiger partial charge in [-0.05, 0) is 29.7 Å². The molecule has 0 aliphatic carbocycles. The molecule has 0 fully saturated rings. The molecule has 0 spiro atoms. The number of halogens is 1. The van der Waals surface area contributed by atoms with Gasteiger partial charge >= 0.3 is 0 Å². The molecule has 0 radical (unpaired) electrons. The first-order valence-corrected chi connectivity index (χ1v) is 9.38. The third kappa shape index (κ3) is 4.81. The van der Waals surface area contributed by atoms with E-state index in [1.54, 1.807) is 0 Å². The minimum Gasteiger partial charge on any atom is -0.325 e. The third-order valence-corrected chi connectivity index (χ3v) is 4.94. The van der Waals surface area contributed by atoms with E-state index in [0.29, 0.717) is 10.7 Å². The first-order chi connectivity index (χ1) is 10.8. The summed E-state index contributed by atoms with van der Waals surface area (Å²) in [5.41, 5.74) is 1.37. The second-order valence-corrected chi connectivity index (χ2v) is 7.90. The topological polar surface area (TPSA) is 63.2 Å². The van der Waals surface area contributed by atoms with Gasteiger partial charge in [-0.3, -0.25) is 4.79 Å². The van der Waals surface area contributed by atoms with Crippen LogP contribution in [0.4, 0.5) is 5.69 Å². The molecular weight excluding hydrogens is 334 g/mol. The Hall–Kier alpha value is -1.85. The Balaban J connectivity index is 2.11. The number of benzene rings is 2. The SMILES string of the molecule is C[C@@H](CC(=O)Nc1cc(S(C)(=O)=O)ccc1Cl)c1ccccc1. The number of hydrogen-bond acceptors (Lipinski definition) is 3. The van der Waals surface area contributed by atoms with E-state index in [4.69, 9.17) is 11.6 Å². The Morgan fingerprint density at radius 1 is 1.17 bits per heavy atom. The number of hydrogen-bond donors (Lipinski definition) is 1. The summed E-state index contributed by atoms with van der Waals surface area (Å²) in [5.74, 6) is -0.165. The van der Waals surface area contributed by atoms with Crippen LogP contribution >= 0.6 is 11.6 Å². The molecule has 1 atom stereocenters. The highest BCUT2D eigenvalue weighted by molar-refractivity contribution is 7.90. The van der Waals surface area contributed by atoms with Crippen LogP contribution in [0.2, 0.25) is 5.02 Å². The maximum absolute atomic E-state index is 12.2. The van der Waals surface area contributed by atoms with E-state index in [1.165, 1.54) is 18.2 Å². The number of sulfone groups is 1. The number of anilines is 1. The van der Waals surface area contributed by atoms with E-state index in [-0.39, 0.29) is 23.1 Å². The number of carbonyl (C=O) groups is 1. The summed E-state index contributed by atoms with van der Waals surface area (Å²) >= 11 is 6.03. The fourth-order valence-electron chi connectivity index (χ4n) is 2.21. The van der Waals surface area contributed by atoms with E-state index in [9.17, 15) is 13.2 Å². The van der Waals surface area contributed by atoms with Crippen molar-refractivity contribution in [3.63, 3.8) is 0 Å². The quantitative estimate of drug-likeness (QED) is 0.889. The molecule has 0 unspecified atom stereocenters. The van der Waals surface area contributed by atoms with Crippen molar-refractivity contribution in [2.75, 3.05) is 11.6 Å². The molecule has 122 valence electrons. The van der Waals surface area contributed by atoms with E-state index >= 15 is 0 Å². The summed E-state index contributed by atoms with van der Waals surface area (Å²) in [6.07, 6.45) is 1.39. The first-order valence-electron chi connectivity index (χ1n) is 7.12. The number of amides is 1. The van der Waals surface area contributed by atoms with Crippen LogP contribution in [0.5, 0.6) is 0 Å². The third-order valence-electron chi connectivity index (χ3n) is 3.50. The maximum atomic E-state index is 12.2. The van der Waals surface area contributed by atoms with Crippen LogP contribution in [0.3, 0.4) is 0 Å². The molecule has 0 aliphatic heterocycles. The lowest BCUT2D eigenvalue weighted by atomic mass is 9.97. The highest BCUT2D eigenvalue weighted by atomic mass is 35.5. The first kappa shape index (κ1) is 17.5. The lowest BCUT2D eigenvalue weighted by molar-refractivity contribution is -0.116. The van der Waals surface area contributed by atoms with Crippen molar-refractivity contribution in [2.45, 2.75) is 24.2 Å². The molecule has 0 saturated carbocycles. The summed E-state index contributed by atoms with van der Waals surface area (Å²) in [6.45, 7) is 1.96. The summed E-state index contributed by atoms with van der Waals surface area (Å²) in [7, 11) is -3.35. The number of carbonyl (C=O) groups excluding carboxylic acids is 1. The molecule has 0 heterocycles. The summed E-state index contributed by atoms with van der Waals surface area (Å²) < 4.78 is 23.2. The highest BCUT2D eigenvalue weighted by Gasteiger charge is 2.15. The van der Waals surface area contributed by atoms with Crippen molar-refractivity contribution in [1.82, 2.24) is 0 Å². The average Bonchev–Trinajstić information content (AvgIpc) is 2.49. The van der Waals surface area contributed by atoms with Crippen LogP contribution in [0, 0.1) is 0 Å². The molecule has 6 heteroatoms. The predicted molar refractivity (Wildman–Crippen MR) is 92.7 cm³/mol. The number of nitrogens with one attached hydrogen (secondary N) is 1. The van der Waals surface area contributed by atoms with Crippen molar-refractivity contribution < 1.29 is 13.2 Å². The molecule has 0 bridgehead atoms. The fourth-order valence-corrected chi connectivity index (χ4v) is 3.02. The molecule has 2 aromatic rings. The van der Waals surface area contributed by atoms with Gasteiger partial charge in [-0.2, -0.15) is 0 Å². The van der Waals surface area contributed by atoms with Crippen LogP contribution < -0.4 is 5.32 Å². The average molecular weight is 352 g/mol. The molecule has 1 N–H and O–H groups in total.